The predicted molar refractivity (Wildman–Crippen MR) is 105 cm³/mol. The number of aryl methyl sites for hydroxylation is 2. The van der Waals surface area contributed by atoms with Crippen molar-refractivity contribution in [1.82, 2.24) is 10.3 Å². The lowest BCUT2D eigenvalue weighted by Crippen LogP contribution is -2.28. The first kappa shape index (κ1) is 18.7. The summed E-state index contributed by atoms with van der Waals surface area (Å²) >= 11 is 3.52. The van der Waals surface area contributed by atoms with Gasteiger partial charge in [-0.2, -0.15) is 0 Å². The number of pyridine rings is 1. The van der Waals surface area contributed by atoms with Crippen LogP contribution in [-0.4, -0.2) is 16.5 Å². The van der Waals surface area contributed by atoms with E-state index >= 15 is 0 Å². The molecule has 6 heteroatoms. The third-order valence-electron chi connectivity index (χ3n) is 4.76. The van der Waals surface area contributed by atoms with E-state index in [0.29, 0.717) is 11.1 Å². The number of amides is 1. The van der Waals surface area contributed by atoms with E-state index in [1.807, 2.05) is 40.7 Å². The Morgan fingerprint density at radius 1 is 1.31 bits per heavy atom. The SMILES string of the molecule is Cc1cc(C)c(CNC(=O)c2cc(Br)c3c(c2C)CC(C)(C)O3)c(=O)[nH]1. The molecule has 2 heterocycles. The number of rotatable bonds is 3. The molecule has 2 aromatic rings. The van der Waals surface area contributed by atoms with E-state index < -0.39 is 0 Å². The highest BCUT2D eigenvalue weighted by Crippen LogP contribution is 2.43. The van der Waals surface area contributed by atoms with Crippen LogP contribution in [0.1, 0.15) is 52.2 Å². The fraction of sp³-hybridized carbons (Fsp3) is 0.400. The molecule has 0 spiro atoms. The molecule has 138 valence electrons. The molecule has 0 aliphatic carbocycles. The number of H-pyrrole nitrogens is 1. The zero-order valence-corrected chi connectivity index (χ0v) is 17.3. The number of hydrogen-bond donors (Lipinski definition) is 2. The molecule has 0 saturated heterocycles. The number of aromatic amines is 1. The summed E-state index contributed by atoms with van der Waals surface area (Å²) in [5, 5.41) is 2.88. The summed E-state index contributed by atoms with van der Waals surface area (Å²) in [6.07, 6.45) is 0.755. The van der Waals surface area contributed by atoms with Gasteiger partial charge in [0.05, 0.1) is 4.47 Å². The van der Waals surface area contributed by atoms with Crippen molar-refractivity contribution in [2.24, 2.45) is 0 Å². The molecule has 0 saturated carbocycles. The molecule has 1 aliphatic heterocycles. The quantitative estimate of drug-likeness (QED) is 0.797. The number of aromatic nitrogens is 1. The van der Waals surface area contributed by atoms with Crippen LogP contribution in [0.3, 0.4) is 0 Å². The molecule has 3 rings (SSSR count). The third kappa shape index (κ3) is 3.43. The van der Waals surface area contributed by atoms with Crippen LogP contribution in [0.15, 0.2) is 21.4 Å². The van der Waals surface area contributed by atoms with Crippen LogP contribution < -0.4 is 15.6 Å². The Morgan fingerprint density at radius 2 is 2.00 bits per heavy atom. The zero-order chi connectivity index (χ0) is 19.2. The van der Waals surface area contributed by atoms with Gasteiger partial charge in [0.2, 0.25) is 0 Å². The van der Waals surface area contributed by atoms with Crippen molar-refractivity contribution in [3.63, 3.8) is 0 Å². The minimum Gasteiger partial charge on any atom is -0.486 e. The van der Waals surface area contributed by atoms with Crippen molar-refractivity contribution in [2.45, 2.75) is 53.2 Å². The average Bonchev–Trinajstić information content (AvgIpc) is 2.86. The smallest absolute Gasteiger partial charge is 0.253 e. The van der Waals surface area contributed by atoms with Crippen molar-refractivity contribution in [3.8, 4) is 5.75 Å². The van der Waals surface area contributed by atoms with E-state index in [1.54, 1.807) is 6.07 Å². The minimum atomic E-state index is -0.281. The van der Waals surface area contributed by atoms with Gasteiger partial charge in [-0.3, -0.25) is 9.59 Å². The van der Waals surface area contributed by atoms with Gasteiger partial charge < -0.3 is 15.0 Å². The number of hydrogen-bond acceptors (Lipinski definition) is 3. The fourth-order valence-electron chi connectivity index (χ4n) is 3.44. The van der Waals surface area contributed by atoms with Gasteiger partial charge in [0, 0.05) is 35.3 Å². The van der Waals surface area contributed by atoms with Crippen LogP contribution in [0, 0.1) is 20.8 Å². The van der Waals surface area contributed by atoms with Gasteiger partial charge in [0.1, 0.15) is 11.4 Å². The maximum atomic E-state index is 12.8. The highest BCUT2D eigenvalue weighted by atomic mass is 79.9. The maximum absolute atomic E-state index is 12.8. The molecular formula is C20H23BrN2O3. The summed E-state index contributed by atoms with van der Waals surface area (Å²) in [5.74, 6) is 0.616. The Hall–Kier alpha value is -2.08. The molecule has 2 N–H and O–H groups in total. The van der Waals surface area contributed by atoms with Gasteiger partial charge in [0.25, 0.3) is 11.5 Å². The van der Waals surface area contributed by atoms with Crippen molar-refractivity contribution in [1.29, 1.82) is 0 Å². The normalized spacial score (nSPS) is 14.7. The number of halogens is 1. The Morgan fingerprint density at radius 3 is 2.65 bits per heavy atom. The van der Waals surface area contributed by atoms with Crippen molar-refractivity contribution < 1.29 is 9.53 Å². The van der Waals surface area contributed by atoms with Gasteiger partial charge in [-0.1, -0.05) is 0 Å². The molecule has 5 nitrogen and oxygen atoms in total. The van der Waals surface area contributed by atoms with E-state index in [0.717, 1.165) is 39.0 Å². The highest BCUT2D eigenvalue weighted by molar-refractivity contribution is 9.10. The summed E-state index contributed by atoms with van der Waals surface area (Å²) in [4.78, 5) is 27.7. The van der Waals surface area contributed by atoms with E-state index in [2.05, 4.69) is 26.2 Å². The molecule has 1 aliphatic rings. The van der Waals surface area contributed by atoms with Crippen molar-refractivity contribution in [2.75, 3.05) is 0 Å². The van der Waals surface area contributed by atoms with Gasteiger partial charge in [0.15, 0.2) is 0 Å². The number of ether oxygens (including phenoxy) is 1. The number of fused-ring (bicyclic) bond motifs is 1. The van der Waals surface area contributed by atoms with Crippen LogP contribution in [-0.2, 0) is 13.0 Å². The first-order valence-corrected chi connectivity index (χ1v) is 9.37. The molecule has 0 atom stereocenters. The number of carbonyl (C=O) groups excluding carboxylic acids is 1. The van der Waals surface area contributed by atoms with E-state index in [9.17, 15) is 9.59 Å². The molecule has 0 bridgehead atoms. The second-order valence-corrected chi connectivity index (χ2v) is 8.36. The topological polar surface area (TPSA) is 71.2 Å². The van der Waals surface area contributed by atoms with E-state index in [1.165, 1.54) is 0 Å². The number of benzene rings is 1. The monoisotopic (exact) mass is 418 g/mol. The Bertz CT molecular complexity index is 961. The highest BCUT2D eigenvalue weighted by Gasteiger charge is 2.34. The second-order valence-electron chi connectivity index (χ2n) is 7.50. The van der Waals surface area contributed by atoms with Crippen LogP contribution >= 0.6 is 15.9 Å². The third-order valence-corrected chi connectivity index (χ3v) is 5.35. The summed E-state index contributed by atoms with van der Waals surface area (Å²) < 4.78 is 6.76. The molecule has 1 aromatic carbocycles. The number of nitrogens with one attached hydrogen (secondary N) is 2. The van der Waals surface area contributed by atoms with Crippen LogP contribution in [0.5, 0.6) is 5.75 Å². The van der Waals surface area contributed by atoms with E-state index in [4.69, 9.17) is 4.74 Å². The van der Waals surface area contributed by atoms with Crippen LogP contribution in [0.4, 0.5) is 0 Å². The number of carbonyl (C=O) groups is 1. The summed E-state index contributed by atoms with van der Waals surface area (Å²) in [5.41, 5.74) is 4.38. The Balaban J connectivity index is 1.87. The lowest BCUT2D eigenvalue weighted by atomic mass is 9.94. The molecule has 1 amide bonds. The summed E-state index contributed by atoms with van der Waals surface area (Å²) in [7, 11) is 0. The standard InChI is InChI=1S/C20H23BrN2O3/c1-10-6-11(2)23-19(25)15(10)9-22-18(24)13-7-16(21)17-14(12(13)3)8-20(4,5)26-17/h6-7H,8-9H2,1-5H3,(H,22,24)(H,23,25). The molecule has 0 radical (unpaired) electrons. The minimum absolute atomic E-state index is 0.162. The van der Waals surface area contributed by atoms with Crippen molar-refractivity contribution >= 4 is 21.8 Å². The van der Waals surface area contributed by atoms with Gasteiger partial charge in [-0.05, 0) is 73.8 Å². The molecule has 1 aromatic heterocycles. The largest absolute Gasteiger partial charge is 0.486 e. The fourth-order valence-corrected chi connectivity index (χ4v) is 3.99. The first-order chi connectivity index (χ1) is 12.1. The average molecular weight is 419 g/mol. The van der Waals surface area contributed by atoms with Gasteiger partial charge in [-0.25, -0.2) is 0 Å². The lowest BCUT2D eigenvalue weighted by Gasteiger charge is -2.17. The molecule has 0 fully saturated rings. The predicted octanol–water partition coefficient (Wildman–Crippen LogP) is 3.71. The Kier molecular flexibility index (Phi) is 4.73. The first-order valence-electron chi connectivity index (χ1n) is 8.57. The molecule has 0 unspecified atom stereocenters. The van der Waals surface area contributed by atoms with Crippen LogP contribution in [0.2, 0.25) is 0 Å². The Labute approximate surface area is 161 Å². The zero-order valence-electron chi connectivity index (χ0n) is 15.7. The van der Waals surface area contributed by atoms with E-state index in [-0.39, 0.29) is 23.6 Å². The lowest BCUT2D eigenvalue weighted by molar-refractivity contribution is 0.0950. The molecule has 26 heavy (non-hydrogen) atoms. The maximum Gasteiger partial charge on any atom is 0.253 e. The molecular weight excluding hydrogens is 396 g/mol. The van der Waals surface area contributed by atoms with Crippen LogP contribution in [0.25, 0.3) is 0 Å². The second kappa shape index (κ2) is 6.58. The summed E-state index contributed by atoms with van der Waals surface area (Å²) in [6, 6.07) is 3.69. The summed E-state index contributed by atoms with van der Waals surface area (Å²) in [6.45, 7) is 9.91. The van der Waals surface area contributed by atoms with Gasteiger partial charge in [-0.15, -0.1) is 0 Å². The van der Waals surface area contributed by atoms with Gasteiger partial charge >= 0.3 is 0 Å². The van der Waals surface area contributed by atoms with Crippen molar-refractivity contribution in [3.05, 3.63) is 60.5 Å².